The standard InChI is InChI=1S/C17H18ClN3O2.2ClH/c18-15-10-12(17(22)21-9-1-2-13(19)11-21)3-4-16(15)23-14-5-7-20-8-6-14;;/h3-8,10,13H,1-2,9,11,19H2;2*1H. The minimum Gasteiger partial charge on any atom is -0.456 e. The van der Waals surface area contributed by atoms with Crippen molar-refractivity contribution in [2.75, 3.05) is 13.1 Å². The molecule has 3 rings (SSSR count). The number of piperidine rings is 1. The maximum absolute atomic E-state index is 12.5. The molecule has 0 aliphatic carbocycles. The van der Waals surface area contributed by atoms with E-state index in [-0.39, 0.29) is 36.8 Å². The van der Waals surface area contributed by atoms with Crippen LogP contribution in [0.2, 0.25) is 5.02 Å². The number of halogens is 3. The average Bonchev–Trinajstić information content (AvgIpc) is 2.57. The molecule has 2 aromatic rings. The largest absolute Gasteiger partial charge is 0.456 e. The van der Waals surface area contributed by atoms with Gasteiger partial charge < -0.3 is 15.4 Å². The molecular formula is C17H20Cl3N3O2. The molecule has 136 valence electrons. The first-order valence-corrected chi connectivity index (χ1v) is 7.93. The SMILES string of the molecule is Cl.Cl.NC1CCCN(C(=O)c2ccc(Oc3ccncc3)c(Cl)c2)C1. The van der Waals surface area contributed by atoms with E-state index in [1.807, 2.05) is 0 Å². The summed E-state index contributed by atoms with van der Waals surface area (Å²) in [5.74, 6) is 1.10. The molecular weight excluding hydrogens is 385 g/mol. The molecule has 1 aromatic heterocycles. The van der Waals surface area contributed by atoms with Crippen LogP contribution in [0.4, 0.5) is 0 Å². The Morgan fingerprint density at radius 1 is 1.24 bits per heavy atom. The van der Waals surface area contributed by atoms with Crippen LogP contribution in [0.5, 0.6) is 11.5 Å². The normalized spacial score (nSPS) is 16.4. The number of aromatic nitrogens is 1. The Morgan fingerprint density at radius 3 is 2.60 bits per heavy atom. The minimum absolute atomic E-state index is 0. The Labute approximate surface area is 164 Å². The number of likely N-dealkylation sites (tertiary alicyclic amines) is 1. The van der Waals surface area contributed by atoms with Gasteiger partial charge in [-0.1, -0.05) is 11.6 Å². The number of ether oxygens (including phenoxy) is 1. The highest BCUT2D eigenvalue weighted by Gasteiger charge is 2.22. The topological polar surface area (TPSA) is 68.5 Å². The third kappa shape index (κ3) is 5.47. The van der Waals surface area contributed by atoms with Gasteiger partial charge >= 0.3 is 0 Å². The molecule has 1 unspecified atom stereocenters. The number of nitrogens with two attached hydrogens (primary N) is 1. The van der Waals surface area contributed by atoms with E-state index in [0.29, 0.717) is 28.6 Å². The summed E-state index contributed by atoms with van der Waals surface area (Å²) in [6.07, 6.45) is 5.18. The van der Waals surface area contributed by atoms with Gasteiger partial charge in [-0.05, 0) is 43.2 Å². The molecule has 0 bridgehead atoms. The first-order valence-electron chi connectivity index (χ1n) is 7.56. The number of benzene rings is 1. The van der Waals surface area contributed by atoms with E-state index in [1.54, 1.807) is 47.6 Å². The van der Waals surface area contributed by atoms with Gasteiger partial charge in [-0.3, -0.25) is 9.78 Å². The van der Waals surface area contributed by atoms with Crippen LogP contribution >= 0.6 is 36.4 Å². The van der Waals surface area contributed by atoms with Crippen molar-refractivity contribution in [3.8, 4) is 11.5 Å². The summed E-state index contributed by atoms with van der Waals surface area (Å²) in [7, 11) is 0. The first-order chi connectivity index (χ1) is 11.1. The summed E-state index contributed by atoms with van der Waals surface area (Å²) in [4.78, 5) is 18.2. The van der Waals surface area contributed by atoms with E-state index < -0.39 is 0 Å². The molecule has 1 aliphatic heterocycles. The molecule has 0 radical (unpaired) electrons. The Morgan fingerprint density at radius 2 is 1.96 bits per heavy atom. The molecule has 2 N–H and O–H groups in total. The number of hydrogen-bond donors (Lipinski definition) is 1. The second-order valence-corrected chi connectivity index (χ2v) is 5.99. The third-order valence-corrected chi connectivity index (χ3v) is 4.10. The Kier molecular flexibility index (Phi) is 8.45. The third-order valence-electron chi connectivity index (χ3n) is 3.80. The van der Waals surface area contributed by atoms with E-state index in [1.165, 1.54) is 0 Å². The van der Waals surface area contributed by atoms with Crippen molar-refractivity contribution in [2.45, 2.75) is 18.9 Å². The molecule has 5 nitrogen and oxygen atoms in total. The molecule has 1 amide bonds. The highest BCUT2D eigenvalue weighted by Crippen LogP contribution is 2.30. The lowest BCUT2D eigenvalue weighted by atomic mass is 10.1. The second-order valence-electron chi connectivity index (χ2n) is 5.58. The summed E-state index contributed by atoms with van der Waals surface area (Å²) >= 11 is 6.25. The van der Waals surface area contributed by atoms with Crippen LogP contribution in [0, 0.1) is 0 Å². The van der Waals surface area contributed by atoms with Crippen molar-refractivity contribution in [1.29, 1.82) is 0 Å². The number of pyridine rings is 1. The molecule has 0 spiro atoms. The average molecular weight is 405 g/mol. The maximum Gasteiger partial charge on any atom is 0.253 e. The monoisotopic (exact) mass is 403 g/mol. The molecule has 1 atom stereocenters. The van der Waals surface area contributed by atoms with Gasteiger partial charge in [0.05, 0.1) is 5.02 Å². The summed E-state index contributed by atoms with van der Waals surface area (Å²) in [5, 5.41) is 0.397. The van der Waals surface area contributed by atoms with Crippen molar-refractivity contribution >= 4 is 42.3 Å². The lowest BCUT2D eigenvalue weighted by Gasteiger charge is -2.30. The van der Waals surface area contributed by atoms with Crippen LogP contribution in [0.3, 0.4) is 0 Å². The molecule has 1 fully saturated rings. The molecule has 8 heteroatoms. The summed E-state index contributed by atoms with van der Waals surface area (Å²) in [6, 6.07) is 8.61. The van der Waals surface area contributed by atoms with Crippen LogP contribution in [-0.2, 0) is 0 Å². The quantitative estimate of drug-likeness (QED) is 0.841. The Hall–Kier alpha value is -1.53. The van der Waals surface area contributed by atoms with Crippen molar-refractivity contribution in [3.05, 3.63) is 53.3 Å². The lowest BCUT2D eigenvalue weighted by Crippen LogP contribution is -2.45. The number of hydrogen-bond acceptors (Lipinski definition) is 4. The molecule has 1 saturated heterocycles. The second kappa shape index (κ2) is 9.82. The molecule has 1 aliphatic rings. The van der Waals surface area contributed by atoms with Gasteiger partial charge in [0.2, 0.25) is 0 Å². The number of amides is 1. The van der Waals surface area contributed by atoms with E-state index in [9.17, 15) is 4.79 Å². The van der Waals surface area contributed by atoms with Gasteiger partial charge in [-0.2, -0.15) is 0 Å². The van der Waals surface area contributed by atoms with Gasteiger partial charge in [-0.25, -0.2) is 0 Å². The van der Waals surface area contributed by atoms with Crippen molar-refractivity contribution in [1.82, 2.24) is 9.88 Å². The summed E-state index contributed by atoms with van der Waals surface area (Å²) in [5.41, 5.74) is 6.48. The fraction of sp³-hybridized carbons (Fsp3) is 0.294. The van der Waals surface area contributed by atoms with Gasteiger partial charge in [0.25, 0.3) is 5.91 Å². The molecule has 1 aromatic carbocycles. The maximum atomic E-state index is 12.5. The van der Waals surface area contributed by atoms with Crippen LogP contribution in [0.1, 0.15) is 23.2 Å². The number of nitrogens with zero attached hydrogens (tertiary/aromatic N) is 2. The van der Waals surface area contributed by atoms with Crippen molar-refractivity contribution in [2.24, 2.45) is 5.73 Å². The molecule has 25 heavy (non-hydrogen) atoms. The summed E-state index contributed by atoms with van der Waals surface area (Å²) < 4.78 is 5.69. The predicted octanol–water partition coefficient (Wildman–Crippen LogP) is 3.93. The molecule has 2 heterocycles. The number of carbonyl (C=O) groups excluding carboxylic acids is 1. The van der Waals surface area contributed by atoms with Crippen LogP contribution < -0.4 is 10.5 Å². The Balaban J connectivity index is 0.00000156. The van der Waals surface area contributed by atoms with Gasteiger partial charge in [0, 0.05) is 37.1 Å². The van der Waals surface area contributed by atoms with Crippen molar-refractivity contribution in [3.63, 3.8) is 0 Å². The van der Waals surface area contributed by atoms with Gasteiger partial charge in [0.1, 0.15) is 11.5 Å². The van der Waals surface area contributed by atoms with E-state index in [0.717, 1.165) is 19.4 Å². The zero-order valence-corrected chi connectivity index (χ0v) is 15.8. The van der Waals surface area contributed by atoms with Gasteiger partial charge in [0.15, 0.2) is 0 Å². The zero-order chi connectivity index (χ0) is 16.2. The highest BCUT2D eigenvalue weighted by molar-refractivity contribution is 6.32. The highest BCUT2D eigenvalue weighted by atomic mass is 35.5. The van der Waals surface area contributed by atoms with Crippen molar-refractivity contribution < 1.29 is 9.53 Å². The summed E-state index contributed by atoms with van der Waals surface area (Å²) in [6.45, 7) is 1.32. The smallest absolute Gasteiger partial charge is 0.253 e. The predicted molar refractivity (Wildman–Crippen MR) is 103 cm³/mol. The van der Waals surface area contributed by atoms with E-state index >= 15 is 0 Å². The minimum atomic E-state index is -0.0440. The lowest BCUT2D eigenvalue weighted by molar-refractivity contribution is 0.0709. The van der Waals surface area contributed by atoms with Crippen LogP contribution in [-0.4, -0.2) is 34.9 Å². The fourth-order valence-electron chi connectivity index (χ4n) is 2.63. The first kappa shape index (κ1) is 21.5. The Bertz CT molecular complexity index is 701. The van der Waals surface area contributed by atoms with Gasteiger partial charge in [-0.15, -0.1) is 24.8 Å². The van der Waals surface area contributed by atoms with E-state index in [2.05, 4.69) is 4.98 Å². The number of carbonyl (C=O) groups is 1. The van der Waals surface area contributed by atoms with Crippen LogP contribution in [0.15, 0.2) is 42.7 Å². The fourth-order valence-corrected chi connectivity index (χ4v) is 2.85. The zero-order valence-electron chi connectivity index (χ0n) is 13.4. The van der Waals surface area contributed by atoms with Crippen LogP contribution in [0.25, 0.3) is 0 Å². The number of rotatable bonds is 3. The van der Waals surface area contributed by atoms with E-state index in [4.69, 9.17) is 22.1 Å². The molecule has 0 saturated carbocycles.